The summed E-state index contributed by atoms with van der Waals surface area (Å²) in [5, 5.41) is 11.8. The number of fused-ring (bicyclic) bond motifs is 1. The first-order chi connectivity index (χ1) is 10.1. The van der Waals surface area contributed by atoms with Crippen LogP contribution in [0.1, 0.15) is 29.3 Å². The number of amides is 2. The van der Waals surface area contributed by atoms with Crippen LogP contribution in [0.4, 0.5) is 10.5 Å². The van der Waals surface area contributed by atoms with E-state index in [9.17, 15) is 9.59 Å². The molecule has 1 aliphatic rings. The smallest absolute Gasteiger partial charge is 0.335 e. The van der Waals surface area contributed by atoms with E-state index >= 15 is 0 Å². The fourth-order valence-electron chi connectivity index (χ4n) is 2.36. The van der Waals surface area contributed by atoms with Gasteiger partial charge in [-0.05, 0) is 43.5 Å². The number of hydrogen-bond donors (Lipinski definition) is 2. The first kappa shape index (κ1) is 15.3. The lowest BCUT2D eigenvalue weighted by Crippen LogP contribution is -2.39. The zero-order valence-corrected chi connectivity index (χ0v) is 12.1. The molecule has 21 heavy (non-hydrogen) atoms. The molecule has 114 valence electrons. The van der Waals surface area contributed by atoms with Gasteiger partial charge >= 0.3 is 12.0 Å². The lowest BCUT2D eigenvalue weighted by Gasteiger charge is -2.18. The Hall–Kier alpha value is -2.08. The van der Waals surface area contributed by atoms with Crippen molar-refractivity contribution in [1.82, 2.24) is 5.32 Å². The standard InChI is InChI=1S/C15H20N2O4/c1-2-21-9-3-7-16-15(20)17-8-6-11-10-12(14(18)19)4-5-13(11)17/h4-5,10H,2-3,6-9H2,1H3,(H,16,20)(H,18,19). The van der Waals surface area contributed by atoms with Gasteiger partial charge in [0.1, 0.15) is 0 Å². The molecule has 0 aromatic heterocycles. The van der Waals surface area contributed by atoms with Crippen molar-refractivity contribution in [3.05, 3.63) is 29.3 Å². The number of nitrogens with one attached hydrogen (secondary N) is 1. The molecule has 1 aromatic carbocycles. The van der Waals surface area contributed by atoms with Gasteiger partial charge in [-0.2, -0.15) is 0 Å². The molecule has 1 heterocycles. The third-order valence-corrected chi connectivity index (χ3v) is 3.41. The van der Waals surface area contributed by atoms with Crippen molar-refractivity contribution < 1.29 is 19.4 Å². The maximum Gasteiger partial charge on any atom is 0.335 e. The Kier molecular flexibility index (Phi) is 5.16. The predicted molar refractivity (Wildman–Crippen MR) is 79.0 cm³/mol. The first-order valence-electron chi connectivity index (χ1n) is 7.12. The van der Waals surface area contributed by atoms with Gasteiger partial charge in [-0.3, -0.25) is 4.90 Å². The number of anilines is 1. The van der Waals surface area contributed by atoms with Gasteiger partial charge < -0.3 is 15.2 Å². The van der Waals surface area contributed by atoms with Crippen LogP contribution in [0, 0.1) is 0 Å². The molecule has 1 aromatic rings. The lowest BCUT2D eigenvalue weighted by molar-refractivity contribution is 0.0697. The van der Waals surface area contributed by atoms with Crippen LogP contribution in [0.15, 0.2) is 18.2 Å². The van der Waals surface area contributed by atoms with Crippen LogP contribution >= 0.6 is 0 Å². The van der Waals surface area contributed by atoms with E-state index in [0.29, 0.717) is 32.7 Å². The van der Waals surface area contributed by atoms with Gasteiger partial charge in [0.25, 0.3) is 0 Å². The highest BCUT2D eigenvalue weighted by Gasteiger charge is 2.25. The number of benzene rings is 1. The van der Waals surface area contributed by atoms with Gasteiger partial charge in [0.05, 0.1) is 5.56 Å². The average molecular weight is 292 g/mol. The Labute approximate surface area is 123 Å². The van der Waals surface area contributed by atoms with Crippen molar-refractivity contribution in [2.24, 2.45) is 0 Å². The minimum absolute atomic E-state index is 0.145. The zero-order chi connectivity index (χ0) is 15.2. The number of hydrogen-bond acceptors (Lipinski definition) is 3. The molecule has 0 fully saturated rings. The van der Waals surface area contributed by atoms with Gasteiger partial charge in [-0.1, -0.05) is 0 Å². The Morgan fingerprint density at radius 3 is 2.95 bits per heavy atom. The van der Waals surface area contributed by atoms with Crippen LogP contribution in [0.3, 0.4) is 0 Å². The molecule has 2 rings (SSSR count). The number of carbonyl (C=O) groups excluding carboxylic acids is 1. The molecular formula is C15H20N2O4. The quantitative estimate of drug-likeness (QED) is 0.785. The highest BCUT2D eigenvalue weighted by atomic mass is 16.5. The van der Waals surface area contributed by atoms with Crippen LogP contribution < -0.4 is 10.2 Å². The molecule has 0 spiro atoms. The Balaban J connectivity index is 1.92. The molecule has 0 aliphatic carbocycles. The van der Waals surface area contributed by atoms with Gasteiger partial charge in [0.2, 0.25) is 0 Å². The summed E-state index contributed by atoms with van der Waals surface area (Å²) in [6.45, 7) is 4.40. The number of urea groups is 1. The fraction of sp³-hybridized carbons (Fsp3) is 0.467. The summed E-state index contributed by atoms with van der Waals surface area (Å²) >= 11 is 0. The molecule has 1 aliphatic heterocycles. The predicted octanol–water partition coefficient (Wildman–Crippen LogP) is 1.88. The maximum absolute atomic E-state index is 12.1. The minimum Gasteiger partial charge on any atom is -0.478 e. The molecule has 0 radical (unpaired) electrons. The summed E-state index contributed by atoms with van der Waals surface area (Å²) in [5.41, 5.74) is 1.95. The van der Waals surface area contributed by atoms with E-state index in [1.165, 1.54) is 6.07 Å². The number of ether oxygens (including phenoxy) is 1. The van der Waals surface area contributed by atoms with Crippen molar-refractivity contribution in [2.45, 2.75) is 19.8 Å². The fourth-order valence-corrected chi connectivity index (χ4v) is 2.36. The third kappa shape index (κ3) is 3.72. The minimum atomic E-state index is -0.948. The zero-order valence-electron chi connectivity index (χ0n) is 12.1. The molecular weight excluding hydrogens is 272 g/mol. The number of carboxylic acid groups (broad SMARTS) is 1. The maximum atomic E-state index is 12.1. The third-order valence-electron chi connectivity index (χ3n) is 3.41. The second-order valence-electron chi connectivity index (χ2n) is 4.83. The molecule has 0 unspecified atom stereocenters. The normalized spacial score (nSPS) is 13.1. The second kappa shape index (κ2) is 7.08. The van der Waals surface area contributed by atoms with E-state index < -0.39 is 5.97 Å². The van der Waals surface area contributed by atoms with E-state index in [4.69, 9.17) is 9.84 Å². The Morgan fingerprint density at radius 2 is 2.24 bits per heavy atom. The van der Waals surface area contributed by atoms with Crippen molar-refractivity contribution in [3.63, 3.8) is 0 Å². The molecule has 0 bridgehead atoms. The molecule has 6 heteroatoms. The second-order valence-corrected chi connectivity index (χ2v) is 4.83. The van der Waals surface area contributed by atoms with Crippen LogP contribution in [-0.2, 0) is 11.2 Å². The monoisotopic (exact) mass is 292 g/mol. The molecule has 2 amide bonds. The Morgan fingerprint density at radius 1 is 1.43 bits per heavy atom. The van der Waals surface area contributed by atoms with E-state index in [-0.39, 0.29) is 11.6 Å². The van der Waals surface area contributed by atoms with Crippen LogP contribution in [0.2, 0.25) is 0 Å². The SMILES string of the molecule is CCOCCCNC(=O)N1CCc2cc(C(=O)O)ccc21. The number of carbonyl (C=O) groups is 2. The highest BCUT2D eigenvalue weighted by molar-refractivity contribution is 5.95. The average Bonchev–Trinajstić information content (AvgIpc) is 2.89. The van der Waals surface area contributed by atoms with Crippen LogP contribution in [0.25, 0.3) is 0 Å². The summed E-state index contributed by atoms with van der Waals surface area (Å²) in [5.74, 6) is -0.948. The van der Waals surface area contributed by atoms with E-state index in [1.54, 1.807) is 17.0 Å². The largest absolute Gasteiger partial charge is 0.478 e. The summed E-state index contributed by atoms with van der Waals surface area (Å²) in [4.78, 5) is 24.7. The molecule has 0 saturated carbocycles. The summed E-state index contributed by atoms with van der Waals surface area (Å²) in [6.07, 6.45) is 1.46. The molecule has 2 N–H and O–H groups in total. The van der Waals surface area contributed by atoms with Gasteiger partial charge in [-0.15, -0.1) is 0 Å². The molecule has 0 saturated heterocycles. The van der Waals surface area contributed by atoms with Crippen molar-refractivity contribution >= 4 is 17.7 Å². The van der Waals surface area contributed by atoms with E-state index in [2.05, 4.69) is 5.32 Å². The lowest BCUT2D eigenvalue weighted by atomic mass is 10.1. The summed E-state index contributed by atoms with van der Waals surface area (Å²) in [6, 6.07) is 4.72. The number of aromatic carboxylic acids is 1. The van der Waals surface area contributed by atoms with Gasteiger partial charge in [0.15, 0.2) is 0 Å². The number of rotatable bonds is 6. The Bertz CT molecular complexity index is 530. The topological polar surface area (TPSA) is 78.9 Å². The molecule has 6 nitrogen and oxygen atoms in total. The van der Waals surface area contributed by atoms with E-state index in [0.717, 1.165) is 17.7 Å². The van der Waals surface area contributed by atoms with Crippen molar-refractivity contribution in [1.29, 1.82) is 0 Å². The van der Waals surface area contributed by atoms with Crippen LogP contribution in [-0.4, -0.2) is 43.4 Å². The number of carboxylic acids is 1. The van der Waals surface area contributed by atoms with Gasteiger partial charge in [0, 0.05) is 32.0 Å². The summed E-state index contributed by atoms with van der Waals surface area (Å²) in [7, 11) is 0. The van der Waals surface area contributed by atoms with Crippen molar-refractivity contribution in [2.75, 3.05) is 31.2 Å². The summed E-state index contributed by atoms with van der Waals surface area (Å²) < 4.78 is 5.21. The van der Waals surface area contributed by atoms with Crippen molar-refractivity contribution in [3.8, 4) is 0 Å². The molecule has 0 atom stereocenters. The number of nitrogens with zero attached hydrogens (tertiary/aromatic N) is 1. The highest BCUT2D eigenvalue weighted by Crippen LogP contribution is 2.28. The van der Waals surface area contributed by atoms with Gasteiger partial charge in [-0.25, -0.2) is 9.59 Å². The van der Waals surface area contributed by atoms with E-state index in [1.807, 2.05) is 6.92 Å². The first-order valence-corrected chi connectivity index (χ1v) is 7.12. The van der Waals surface area contributed by atoms with Crippen LogP contribution in [0.5, 0.6) is 0 Å².